The second-order valence-electron chi connectivity index (χ2n) is 10.4. The molecule has 0 aliphatic carbocycles. The Morgan fingerprint density at radius 1 is 0.970 bits per heavy atom. The molecule has 0 aromatic heterocycles. The monoisotopic (exact) mass is 450 g/mol. The third-order valence-electron chi connectivity index (χ3n) is 6.18. The Morgan fingerprint density at radius 3 is 2.12 bits per heavy atom. The fraction of sp³-hybridized carbons (Fsp3) is 0.500. The Labute approximate surface area is 198 Å². The Bertz CT molecular complexity index is 908. The summed E-state index contributed by atoms with van der Waals surface area (Å²) in [4.78, 5) is 27.2. The van der Waals surface area contributed by atoms with Crippen molar-refractivity contribution >= 4 is 12.0 Å². The molecule has 0 bridgehead atoms. The zero-order valence-electron chi connectivity index (χ0n) is 20.6. The van der Waals surface area contributed by atoms with Gasteiger partial charge in [0, 0.05) is 18.7 Å². The van der Waals surface area contributed by atoms with Crippen molar-refractivity contribution in [1.82, 2.24) is 10.2 Å². The normalized spacial score (nSPS) is 15.9. The first-order chi connectivity index (χ1) is 15.6. The number of rotatable bonds is 6. The molecule has 5 nitrogen and oxygen atoms in total. The maximum Gasteiger partial charge on any atom is 0.410 e. The summed E-state index contributed by atoms with van der Waals surface area (Å²) in [5.74, 6) is 0.814. The average molecular weight is 451 g/mol. The molecule has 0 saturated carbocycles. The van der Waals surface area contributed by atoms with Crippen molar-refractivity contribution in [3.63, 3.8) is 0 Å². The number of likely N-dealkylation sites (tertiary alicyclic amines) is 1. The largest absolute Gasteiger partial charge is 0.444 e. The van der Waals surface area contributed by atoms with Crippen molar-refractivity contribution in [2.45, 2.75) is 71.4 Å². The molecule has 0 spiro atoms. The number of hydrogen-bond acceptors (Lipinski definition) is 3. The summed E-state index contributed by atoms with van der Waals surface area (Å²) in [6.45, 7) is 11.3. The molecule has 178 valence electrons. The highest BCUT2D eigenvalue weighted by Crippen LogP contribution is 2.29. The summed E-state index contributed by atoms with van der Waals surface area (Å²) in [5, 5.41) is 3.27. The van der Waals surface area contributed by atoms with Crippen LogP contribution in [0.5, 0.6) is 0 Å². The molecular weight excluding hydrogens is 412 g/mol. The summed E-state index contributed by atoms with van der Waals surface area (Å²) in [6.07, 6.45) is 2.42. The van der Waals surface area contributed by atoms with Gasteiger partial charge in [0.25, 0.3) is 5.91 Å². The van der Waals surface area contributed by atoms with Crippen LogP contribution in [0.3, 0.4) is 0 Å². The first-order valence-electron chi connectivity index (χ1n) is 12.1. The SMILES string of the molecule is CC(C)c1ccc(C(=O)NC(CC2CCN(C(=O)OC(C)(C)C)CC2)c2ccccc2)cc1. The number of benzene rings is 2. The number of nitrogens with one attached hydrogen (secondary N) is 1. The molecule has 1 unspecified atom stereocenters. The van der Waals surface area contributed by atoms with E-state index in [9.17, 15) is 9.59 Å². The van der Waals surface area contributed by atoms with Gasteiger partial charge in [0.05, 0.1) is 6.04 Å². The van der Waals surface area contributed by atoms with Crippen LogP contribution in [0.25, 0.3) is 0 Å². The minimum atomic E-state index is -0.482. The van der Waals surface area contributed by atoms with Gasteiger partial charge in [0.2, 0.25) is 0 Å². The van der Waals surface area contributed by atoms with Gasteiger partial charge in [-0.3, -0.25) is 4.79 Å². The van der Waals surface area contributed by atoms with Crippen LogP contribution in [-0.2, 0) is 4.74 Å². The fourth-order valence-electron chi connectivity index (χ4n) is 4.24. The lowest BCUT2D eigenvalue weighted by Crippen LogP contribution is -2.42. The molecule has 2 amide bonds. The van der Waals surface area contributed by atoms with Crippen molar-refractivity contribution in [3.05, 3.63) is 71.3 Å². The van der Waals surface area contributed by atoms with E-state index in [0.717, 1.165) is 24.8 Å². The van der Waals surface area contributed by atoms with Crippen LogP contribution in [0, 0.1) is 5.92 Å². The highest BCUT2D eigenvalue weighted by Gasteiger charge is 2.29. The number of nitrogens with zero attached hydrogens (tertiary/aromatic N) is 1. The van der Waals surface area contributed by atoms with Crippen molar-refractivity contribution in [1.29, 1.82) is 0 Å². The predicted octanol–water partition coefficient (Wildman–Crippen LogP) is 6.32. The van der Waals surface area contributed by atoms with Crippen molar-refractivity contribution in [2.24, 2.45) is 5.92 Å². The first-order valence-corrected chi connectivity index (χ1v) is 12.1. The zero-order chi connectivity index (χ0) is 24.0. The third-order valence-corrected chi connectivity index (χ3v) is 6.18. The maximum absolute atomic E-state index is 13.0. The molecule has 0 radical (unpaired) electrons. The van der Waals surface area contributed by atoms with E-state index in [1.165, 1.54) is 5.56 Å². The Balaban J connectivity index is 1.64. The molecule has 1 saturated heterocycles. The van der Waals surface area contributed by atoms with Crippen LogP contribution in [0.2, 0.25) is 0 Å². The second kappa shape index (κ2) is 10.9. The van der Waals surface area contributed by atoms with Crippen molar-refractivity contribution in [2.75, 3.05) is 13.1 Å². The summed E-state index contributed by atoms with van der Waals surface area (Å²) in [5.41, 5.74) is 2.53. The van der Waals surface area contributed by atoms with Gasteiger partial charge in [0.1, 0.15) is 5.60 Å². The molecular formula is C28H38N2O3. The van der Waals surface area contributed by atoms with E-state index in [1.54, 1.807) is 4.90 Å². The lowest BCUT2D eigenvalue weighted by Gasteiger charge is -2.35. The molecule has 3 rings (SSSR count). The first kappa shape index (κ1) is 24.8. The molecule has 1 heterocycles. The Kier molecular flexibility index (Phi) is 8.17. The van der Waals surface area contributed by atoms with Gasteiger partial charge >= 0.3 is 6.09 Å². The number of carbonyl (C=O) groups excluding carboxylic acids is 2. The molecule has 33 heavy (non-hydrogen) atoms. The van der Waals surface area contributed by atoms with Gasteiger partial charge < -0.3 is 15.0 Å². The van der Waals surface area contributed by atoms with Crippen molar-refractivity contribution in [3.8, 4) is 0 Å². The molecule has 1 aliphatic heterocycles. The van der Waals surface area contributed by atoms with Gasteiger partial charge in [-0.05, 0) is 75.1 Å². The highest BCUT2D eigenvalue weighted by molar-refractivity contribution is 5.94. The molecule has 1 N–H and O–H groups in total. The number of amides is 2. The Morgan fingerprint density at radius 2 is 1.58 bits per heavy atom. The smallest absolute Gasteiger partial charge is 0.410 e. The summed E-state index contributed by atoms with van der Waals surface area (Å²) >= 11 is 0. The molecule has 2 aromatic carbocycles. The number of ether oxygens (including phenoxy) is 1. The van der Waals surface area contributed by atoms with E-state index in [4.69, 9.17) is 4.74 Å². The maximum atomic E-state index is 13.0. The summed E-state index contributed by atoms with van der Waals surface area (Å²) < 4.78 is 5.52. The molecule has 1 atom stereocenters. The second-order valence-corrected chi connectivity index (χ2v) is 10.4. The summed E-state index contributed by atoms with van der Waals surface area (Å²) in [6, 6.07) is 18.0. The third kappa shape index (κ3) is 7.34. The van der Waals surface area contributed by atoms with Crippen LogP contribution >= 0.6 is 0 Å². The summed E-state index contributed by atoms with van der Waals surface area (Å²) in [7, 11) is 0. The van der Waals surface area contributed by atoms with Crippen LogP contribution < -0.4 is 5.32 Å². The van der Waals surface area contributed by atoms with E-state index in [0.29, 0.717) is 30.5 Å². The zero-order valence-corrected chi connectivity index (χ0v) is 20.6. The van der Waals surface area contributed by atoms with Gasteiger partial charge in [-0.1, -0.05) is 56.3 Å². The predicted molar refractivity (Wildman–Crippen MR) is 132 cm³/mol. The van der Waals surface area contributed by atoms with E-state index in [1.807, 2.05) is 63.2 Å². The fourth-order valence-corrected chi connectivity index (χ4v) is 4.24. The number of carbonyl (C=O) groups is 2. The minimum absolute atomic E-state index is 0.0506. The molecule has 1 aliphatic rings. The quantitative estimate of drug-likeness (QED) is 0.560. The Hall–Kier alpha value is -2.82. The van der Waals surface area contributed by atoms with Crippen molar-refractivity contribution < 1.29 is 14.3 Å². The van der Waals surface area contributed by atoms with Crippen LogP contribution in [0.15, 0.2) is 54.6 Å². The van der Waals surface area contributed by atoms with Gasteiger partial charge in [0.15, 0.2) is 0 Å². The average Bonchev–Trinajstić information content (AvgIpc) is 2.78. The standard InChI is InChI=1S/C28H38N2O3/c1-20(2)22-11-13-24(14-12-22)26(31)29-25(23-9-7-6-8-10-23)19-21-15-17-30(18-16-21)27(32)33-28(3,4)5/h6-14,20-21,25H,15-19H2,1-5H3,(H,29,31). The van der Waals surface area contributed by atoms with Gasteiger partial charge in [-0.15, -0.1) is 0 Å². The number of hydrogen-bond donors (Lipinski definition) is 1. The van der Waals surface area contributed by atoms with E-state index >= 15 is 0 Å². The molecule has 2 aromatic rings. The van der Waals surface area contributed by atoms with E-state index < -0.39 is 5.60 Å². The molecule has 1 fully saturated rings. The number of piperidine rings is 1. The highest BCUT2D eigenvalue weighted by atomic mass is 16.6. The van der Waals surface area contributed by atoms with Crippen LogP contribution in [0.4, 0.5) is 4.79 Å². The van der Waals surface area contributed by atoms with E-state index in [-0.39, 0.29) is 18.0 Å². The topological polar surface area (TPSA) is 58.6 Å². The van der Waals surface area contributed by atoms with Crippen LogP contribution in [-0.4, -0.2) is 35.6 Å². The molecule has 5 heteroatoms. The minimum Gasteiger partial charge on any atom is -0.444 e. The van der Waals surface area contributed by atoms with Gasteiger partial charge in [-0.2, -0.15) is 0 Å². The lowest BCUT2D eigenvalue weighted by atomic mass is 9.87. The van der Waals surface area contributed by atoms with E-state index in [2.05, 4.69) is 31.3 Å². The van der Waals surface area contributed by atoms with Gasteiger partial charge in [-0.25, -0.2) is 4.79 Å². The lowest BCUT2D eigenvalue weighted by molar-refractivity contribution is 0.0178. The van der Waals surface area contributed by atoms with Crippen LogP contribution in [0.1, 0.15) is 87.3 Å².